The second-order valence-electron chi connectivity index (χ2n) is 9.13. The van der Waals surface area contributed by atoms with E-state index in [1.807, 2.05) is 71.1 Å². The SMILES string of the molecule is COc1ccc(Oc2c(CN(CC(C)C)C(=O)C3CCC3)c(C)nn2-c2ccccc2)cc1. The number of benzene rings is 2. The highest BCUT2D eigenvalue weighted by molar-refractivity contribution is 5.79. The number of methoxy groups -OCH3 is 1. The van der Waals surface area contributed by atoms with Crippen LogP contribution in [0.3, 0.4) is 0 Å². The Hall–Kier alpha value is -3.28. The Morgan fingerprint density at radius 1 is 1.09 bits per heavy atom. The molecule has 1 heterocycles. The molecular weight excluding hydrogens is 414 g/mol. The zero-order valence-corrected chi connectivity index (χ0v) is 20.0. The number of nitrogens with zero attached hydrogens (tertiary/aromatic N) is 3. The highest BCUT2D eigenvalue weighted by Gasteiger charge is 2.31. The summed E-state index contributed by atoms with van der Waals surface area (Å²) in [6.45, 7) is 7.48. The average Bonchev–Trinajstić information content (AvgIpc) is 3.08. The van der Waals surface area contributed by atoms with Crippen LogP contribution < -0.4 is 9.47 Å². The number of amides is 1. The van der Waals surface area contributed by atoms with Crippen molar-refractivity contribution < 1.29 is 14.3 Å². The van der Waals surface area contributed by atoms with E-state index in [2.05, 4.69) is 13.8 Å². The molecule has 3 aromatic rings. The van der Waals surface area contributed by atoms with E-state index in [1.165, 1.54) is 0 Å². The molecule has 0 N–H and O–H groups in total. The Balaban J connectivity index is 1.72. The van der Waals surface area contributed by atoms with Gasteiger partial charge in [0.1, 0.15) is 11.5 Å². The second kappa shape index (κ2) is 10.1. The molecule has 0 saturated heterocycles. The number of ether oxygens (including phenoxy) is 2. The first-order valence-electron chi connectivity index (χ1n) is 11.7. The molecule has 0 atom stereocenters. The predicted molar refractivity (Wildman–Crippen MR) is 129 cm³/mol. The third-order valence-corrected chi connectivity index (χ3v) is 6.11. The molecule has 0 aliphatic heterocycles. The van der Waals surface area contributed by atoms with Crippen LogP contribution in [0.5, 0.6) is 17.4 Å². The van der Waals surface area contributed by atoms with E-state index >= 15 is 0 Å². The van der Waals surface area contributed by atoms with Gasteiger partial charge < -0.3 is 14.4 Å². The fourth-order valence-corrected chi connectivity index (χ4v) is 4.10. The number of hydrogen-bond acceptors (Lipinski definition) is 4. The summed E-state index contributed by atoms with van der Waals surface area (Å²) in [6, 6.07) is 17.4. The van der Waals surface area contributed by atoms with Gasteiger partial charge in [-0.3, -0.25) is 4.79 Å². The molecule has 6 nitrogen and oxygen atoms in total. The fraction of sp³-hybridized carbons (Fsp3) is 0.407. The lowest BCUT2D eigenvalue weighted by molar-refractivity contribution is -0.139. The normalized spacial score (nSPS) is 13.6. The highest BCUT2D eigenvalue weighted by atomic mass is 16.5. The van der Waals surface area contributed by atoms with Gasteiger partial charge in [-0.05, 0) is 62.1 Å². The topological polar surface area (TPSA) is 56.6 Å². The Morgan fingerprint density at radius 3 is 2.33 bits per heavy atom. The van der Waals surface area contributed by atoms with Crippen molar-refractivity contribution in [3.8, 4) is 23.1 Å². The molecule has 33 heavy (non-hydrogen) atoms. The van der Waals surface area contributed by atoms with E-state index in [0.29, 0.717) is 30.6 Å². The van der Waals surface area contributed by atoms with E-state index in [0.717, 1.165) is 42.0 Å². The molecule has 0 radical (unpaired) electrons. The largest absolute Gasteiger partial charge is 0.497 e. The quantitative estimate of drug-likeness (QED) is 0.418. The molecule has 174 valence electrons. The number of aromatic nitrogens is 2. The van der Waals surface area contributed by atoms with Gasteiger partial charge in [-0.15, -0.1) is 0 Å². The number of para-hydroxylation sites is 1. The van der Waals surface area contributed by atoms with E-state index < -0.39 is 0 Å². The first kappa shape index (κ1) is 22.9. The number of aryl methyl sites for hydroxylation is 1. The zero-order valence-electron chi connectivity index (χ0n) is 20.0. The number of carbonyl (C=O) groups excluding carboxylic acids is 1. The van der Waals surface area contributed by atoms with Crippen molar-refractivity contribution in [1.29, 1.82) is 0 Å². The van der Waals surface area contributed by atoms with Crippen molar-refractivity contribution in [1.82, 2.24) is 14.7 Å². The van der Waals surface area contributed by atoms with Crippen molar-refractivity contribution in [2.45, 2.75) is 46.6 Å². The molecule has 0 unspecified atom stereocenters. The molecule has 1 amide bonds. The fourth-order valence-electron chi connectivity index (χ4n) is 4.10. The Labute approximate surface area is 196 Å². The summed E-state index contributed by atoms with van der Waals surface area (Å²) < 4.78 is 13.5. The standard InChI is InChI=1S/C27H33N3O3/c1-19(2)17-29(26(31)21-9-8-10-21)18-25-20(3)28-30(22-11-6-5-7-12-22)27(25)33-24-15-13-23(32-4)14-16-24/h5-7,11-16,19,21H,8-10,17-18H2,1-4H3. The average molecular weight is 448 g/mol. The van der Waals surface area contributed by atoms with Crippen LogP contribution in [-0.2, 0) is 11.3 Å². The Morgan fingerprint density at radius 2 is 1.76 bits per heavy atom. The third-order valence-electron chi connectivity index (χ3n) is 6.11. The summed E-state index contributed by atoms with van der Waals surface area (Å²) in [4.78, 5) is 15.2. The van der Waals surface area contributed by atoms with E-state index in [-0.39, 0.29) is 11.8 Å². The lowest BCUT2D eigenvalue weighted by Gasteiger charge is -2.32. The van der Waals surface area contributed by atoms with Gasteiger partial charge in [0.05, 0.1) is 30.6 Å². The summed E-state index contributed by atoms with van der Waals surface area (Å²) in [7, 11) is 1.64. The number of hydrogen-bond donors (Lipinski definition) is 0. The minimum Gasteiger partial charge on any atom is -0.497 e. The van der Waals surface area contributed by atoms with Crippen LogP contribution in [0.4, 0.5) is 0 Å². The smallest absolute Gasteiger partial charge is 0.227 e. The molecule has 1 aromatic heterocycles. The zero-order chi connectivity index (χ0) is 23.4. The maximum atomic E-state index is 13.2. The van der Waals surface area contributed by atoms with Gasteiger partial charge in [0.25, 0.3) is 0 Å². The van der Waals surface area contributed by atoms with Crippen molar-refractivity contribution in [2.75, 3.05) is 13.7 Å². The van der Waals surface area contributed by atoms with Crippen LogP contribution in [0, 0.1) is 18.8 Å². The molecule has 4 rings (SSSR count). The summed E-state index contributed by atoms with van der Waals surface area (Å²) >= 11 is 0. The minimum atomic E-state index is 0.152. The molecule has 1 aliphatic carbocycles. The van der Waals surface area contributed by atoms with Crippen LogP contribution >= 0.6 is 0 Å². The molecule has 6 heteroatoms. The van der Waals surface area contributed by atoms with Crippen LogP contribution in [0.1, 0.15) is 44.4 Å². The highest BCUT2D eigenvalue weighted by Crippen LogP contribution is 2.34. The van der Waals surface area contributed by atoms with E-state index in [1.54, 1.807) is 7.11 Å². The van der Waals surface area contributed by atoms with Crippen LogP contribution in [-0.4, -0.2) is 34.2 Å². The molecular formula is C27H33N3O3. The lowest BCUT2D eigenvalue weighted by atomic mass is 9.84. The molecule has 0 spiro atoms. The molecule has 1 fully saturated rings. The van der Waals surface area contributed by atoms with Crippen LogP contribution in [0.25, 0.3) is 5.69 Å². The van der Waals surface area contributed by atoms with Crippen molar-refractivity contribution >= 4 is 5.91 Å². The molecule has 1 aliphatic rings. The van der Waals surface area contributed by atoms with Gasteiger partial charge >= 0.3 is 0 Å². The summed E-state index contributed by atoms with van der Waals surface area (Å²) in [5, 5.41) is 4.81. The van der Waals surface area contributed by atoms with Gasteiger partial charge in [0, 0.05) is 12.5 Å². The molecule has 0 bridgehead atoms. The Kier molecular flexibility index (Phi) is 7.02. The number of rotatable bonds is 9. The number of carbonyl (C=O) groups is 1. The van der Waals surface area contributed by atoms with Gasteiger partial charge in [0.2, 0.25) is 11.8 Å². The van der Waals surface area contributed by atoms with Crippen LogP contribution in [0.2, 0.25) is 0 Å². The van der Waals surface area contributed by atoms with Crippen molar-refractivity contribution in [3.05, 3.63) is 65.9 Å². The first-order chi connectivity index (χ1) is 16.0. The third kappa shape index (κ3) is 5.21. The second-order valence-corrected chi connectivity index (χ2v) is 9.13. The maximum absolute atomic E-state index is 13.2. The molecule has 2 aromatic carbocycles. The summed E-state index contributed by atoms with van der Waals surface area (Å²) in [5.41, 5.74) is 2.71. The minimum absolute atomic E-state index is 0.152. The van der Waals surface area contributed by atoms with Gasteiger partial charge in [-0.25, -0.2) is 4.68 Å². The van der Waals surface area contributed by atoms with E-state index in [4.69, 9.17) is 14.6 Å². The van der Waals surface area contributed by atoms with Crippen molar-refractivity contribution in [2.24, 2.45) is 11.8 Å². The first-order valence-corrected chi connectivity index (χ1v) is 11.7. The van der Waals surface area contributed by atoms with E-state index in [9.17, 15) is 4.79 Å². The summed E-state index contributed by atoms with van der Waals surface area (Å²) in [6.07, 6.45) is 3.12. The molecule has 1 saturated carbocycles. The van der Waals surface area contributed by atoms with Crippen molar-refractivity contribution in [3.63, 3.8) is 0 Å². The van der Waals surface area contributed by atoms with Crippen LogP contribution in [0.15, 0.2) is 54.6 Å². The predicted octanol–water partition coefficient (Wildman–Crippen LogP) is 5.77. The Bertz CT molecular complexity index is 1070. The monoisotopic (exact) mass is 447 g/mol. The van der Waals surface area contributed by atoms with Gasteiger partial charge in [0.15, 0.2) is 0 Å². The van der Waals surface area contributed by atoms with Gasteiger partial charge in [-0.1, -0.05) is 38.5 Å². The lowest BCUT2D eigenvalue weighted by Crippen LogP contribution is -2.40. The van der Waals surface area contributed by atoms with Gasteiger partial charge in [-0.2, -0.15) is 5.10 Å². The maximum Gasteiger partial charge on any atom is 0.227 e. The summed E-state index contributed by atoms with van der Waals surface area (Å²) in [5.74, 6) is 2.87.